The molecule has 3 rings (SSSR count). The molecule has 124 valence electrons. The van der Waals surface area contributed by atoms with Crippen LogP contribution in [0.15, 0.2) is 91.0 Å². The van der Waals surface area contributed by atoms with Gasteiger partial charge in [-0.3, -0.25) is 0 Å². The fourth-order valence-electron chi connectivity index (χ4n) is 1.90. The summed E-state index contributed by atoms with van der Waals surface area (Å²) in [5, 5.41) is 0. The van der Waals surface area contributed by atoms with Crippen LogP contribution < -0.4 is 9.05 Å². The maximum atomic E-state index is 12.1. The van der Waals surface area contributed by atoms with Crippen molar-refractivity contribution in [1.29, 1.82) is 0 Å². The van der Waals surface area contributed by atoms with Gasteiger partial charge >= 0.3 is 7.60 Å². The molecule has 0 spiro atoms. The minimum absolute atomic E-state index is 0.536. The molecule has 4 heteroatoms. The van der Waals surface area contributed by atoms with Gasteiger partial charge in [0.25, 0.3) is 0 Å². The minimum atomic E-state index is -3.14. The summed E-state index contributed by atoms with van der Waals surface area (Å²) in [6.07, 6.45) is 0. The van der Waals surface area contributed by atoms with Crippen molar-refractivity contribution in [3.05, 3.63) is 96.6 Å². The van der Waals surface area contributed by atoms with E-state index < -0.39 is 7.60 Å². The second kappa shape index (κ2) is 8.95. The monoisotopic (exact) mass is 340 g/mol. The predicted molar refractivity (Wildman–Crippen MR) is 98.8 cm³/mol. The van der Waals surface area contributed by atoms with Gasteiger partial charge in [-0.2, -0.15) is 0 Å². The highest BCUT2D eigenvalue weighted by Gasteiger charge is 2.19. The van der Waals surface area contributed by atoms with E-state index in [2.05, 4.69) is 19.1 Å². The third kappa shape index (κ3) is 6.72. The van der Waals surface area contributed by atoms with E-state index in [0.717, 1.165) is 0 Å². The number of rotatable bonds is 4. The topological polar surface area (TPSA) is 35.5 Å². The van der Waals surface area contributed by atoms with Crippen molar-refractivity contribution in [3.63, 3.8) is 0 Å². The lowest BCUT2D eigenvalue weighted by molar-refractivity contribution is 0.393. The molecule has 3 nitrogen and oxygen atoms in total. The Morgan fingerprint density at radius 2 is 0.958 bits per heavy atom. The van der Waals surface area contributed by atoms with Gasteiger partial charge in [-0.05, 0) is 31.2 Å². The first-order valence-electron chi connectivity index (χ1n) is 7.64. The second-order valence-corrected chi connectivity index (χ2v) is 7.14. The fourth-order valence-corrected chi connectivity index (χ4v) is 2.95. The first-order chi connectivity index (χ1) is 11.6. The summed E-state index contributed by atoms with van der Waals surface area (Å²) in [7, 11) is -3.14. The van der Waals surface area contributed by atoms with Gasteiger partial charge in [0.05, 0.1) is 6.66 Å². The van der Waals surface area contributed by atoms with E-state index in [9.17, 15) is 4.57 Å². The summed E-state index contributed by atoms with van der Waals surface area (Å²) < 4.78 is 22.8. The summed E-state index contributed by atoms with van der Waals surface area (Å²) in [5.41, 5.74) is 1.32. The lowest BCUT2D eigenvalue weighted by atomic mass is 10.2. The lowest BCUT2D eigenvalue weighted by Gasteiger charge is -2.15. The Balaban J connectivity index is 0.000000249. The van der Waals surface area contributed by atoms with Crippen molar-refractivity contribution in [2.75, 3.05) is 6.66 Å². The third-order valence-corrected chi connectivity index (χ3v) is 4.05. The molecule has 0 amide bonds. The normalized spacial score (nSPS) is 10.2. The van der Waals surface area contributed by atoms with Crippen molar-refractivity contribution in [3.8, 4) is 11.5 Å². The van der Waals surface area contributed by atoms with Crippen molar-refractivity contribution in [2.24, 2.45) is 0 Å². The van der Waals surface area contributed by atoms with Gasteiger partial charge in [0, 0.05) is 0 Å². The molecule has 0 aliphatic carbocycles. The van der Waals surface area contributed by atoms with E-state index in [1.54, 1.807) is 24.3 Å². The van der Waals surface area contributed by atoms with E-state index in [1.165, 1.54) is 12.2 Å². The first kappa shape index (κ1) is 17.8. The summed E-state index contributed by atoms with van der Waals surface area (Å²) in [5.74, 6) is 1.07. The zero-order chi connectivity index (χ0) is 17.3. The second-order valence-electron chi connectivity index (χ2n) is 5.23. The molecule has 0 aliphatic heterocycles. The molecule has 0 atom stereocenters. The Morgan fingerprint density at radius 3 is 1.25 bits per heavy atom. The molecule has 3 aromatic carbocycles. The van der Waals surface area contributed by atoms with Gasteiger partial charge in [-0.15, -0.1) is 0 Å². The van der Waals surface area contributed by atoms with Crippen LogP contribution in [0.2, 0.25) is 0 Å². The maximum Gasteiger partial charge on any atom is 0.427 e. The van der Waals surface area contributed by atoms with E-state index in [4.69, 9.17) is 9.05 Å². The summed E-state index contributed by atoms with van der Waals surface area (Å²) >= 11 is 0. The Morgan fingerprint density at radius 1 is 0.625 bits per heavy atom. The van der Waals surface area contributed by atoms with Crippen LogP contribution in [-0.2, 0) is 4.57 Å². The Labute approximate surface area is 143 Å². The highest BCUT2D eigenvalue weighted by molar-refractivity contribution is 7.53. The van der Waals surface area contributed by atoms with E-state index in [-0.39, 0.29) is 0 Å². The molecule has 0 saturated carbocycles. The largest absolute Gasteiger partial charge is 0.427 e. The Hall–Kier alpha value is -2.51. The Bertz CT molecular complexity index is 713. The minimum Gasteiger partial charge on any atom is -0.416 e. The molecule has 0 heterocycles. The maximum absolute atomic E-state index is 12.1. The number of hydrogen-bond acceptors (Lipinski definition) is 3. The molecular formula is C20H21O3P. The van der Waals surface area contributed by atoms with Crippen LogP contribution in [0.5, 0.6) is 11.5 Å². The highest BCUT2D eigenvalue weighted by Crippen LogP contribution is 2.44. The molecular weight excluding hydrogens is 319 g/mol. The third-order valence-electron chi connectivity index (χ3n) is 2.97. The van der Waals surface area contributed by atoms with Gasteiger partial charge in [0.2, 0.25) is 0 Å². The van der Waals surface area contributed by atoms with Crippen LogP contribution in [0.1, 0.15) is 5.56 Å². The average Bonchev–Trinajstić information content (AvgIpc) is 2.57. The van der Waals surface area contributed by atoms with E-state index in [1.807, 2.05) is 54.6 Å². The molecule has 0 aliphatic rings. The predicted octanol–water partition coefficient (Wildman–Crippen LogP) is 5.96. The number of aryl methyl sites for hydroxylation is 1. The molecule has 0 radical (unpaired) electrons. The average molecular weight is 340 g/mol. The summed E-state index contributed by atoms with van der Waals surface area (Å²) in [6, 6.07) is 28.2. The lowest BCUT2D eigenvalue weighted by Crippen LogP contribution is -1.98. The molecule has 0 bridgehead atoms. The van der Waals surface area contributed by atoms with Crippen molar-refractivity contribution in [2.45, 2.75) is 6.92 Å². The number of benzene rings is 3. The van der Waals surface area contributed by atoms with E-state index in [0.29, 0.717) is 11.5 Å². The van der Waals surface area contributed by atoms with Gasteiger partial charge < -0.3 is 9.05 Å². The number of hydrogen-bond donors (Lipinski definition) is 0. The SMILES string of the molecule is CP(=O)(Oc1ccccc1)Oc1ccccc1.Cc1ccccc1. The molecule has 3 aromatic rings. The van der Waals surface area contributed by atoms with Gasteiger partial charge in [0.15, 0.2) is 0 Å². The number of para-hydroxylation sites is 2. The zero-order valence-electron chi connectivity index (χ0n) is 13.8. The molecule has 0 aromatic heterocycles. The molecule has 24 heavy (non-hydrogen) atoms. The van der Waals surface area contributed by atoms with Crippen LogP contribution >= 0.6 is 7.60 Å². The van der Waals surface area contributed by atoms with Crippen LogP contribution in [0, 0.1) is 6.92 Å². The van der Waals surface area contributed by atoms with Gasteiger partial charge in [0.1, 0.15) is 11.5 Å². The molecule has 0 unspecified atom stereocenters. The summed E-state index contributed by atoms with van der Waals surface area (Å²) in [4.78, 5) is 0. The van der Waals surface area contributed by atoms with Crippen LogP contribution in [0.3, 0.4) is 0 Å². The highest BCUT2D eigenvalue weighted by atomic mass is 31.2. The van der Waals surface area contributed by atoms with Crippen LogP contribution in [0.4, 0.5) is 0 Å². The molecule has 0 fully saturated rings. The smallest absolute Gasteiger partial charge is 0.416 e. The quantitative estimate of drug-likeness (QED) is 0.550. The van der Waals surface area contributed by atoms with Crippen molar-refractivity contribution < 1.29 is 13.6 Å². The van der Waals surface area contributed by atoms with Gasteiger partial charge in [-0.1, -0.05) is 72.3 Å². The first-order valence-corrected chi connectivity index (χ1v) is 9.63. The molecule has 0 saturated heterocycles. The van der Waals surface area contributed by atoms with Crippen LogP contribution in [-0.4, -0.2) is 6.66 Å². The van der Waals surface area contributed by atoms with Gasteiger partial charge in [-0.25, -0.2) is 4.57 Å². The van der Waals surface area contributed by atoms with E-state index >= 15 is 0 Å². The molecule has 0 N–H and O–H groups in total. The zero-order valence-corrected chi connectivity index (χ0v) is 14.7. The Kier molecular flexibility index (Phi) is 6.65. The summed E-state index contributed by atoms with van der Waals surface area (Å²) in [6.45, 7) is 3.53. The fraction of sp³-hybridized carbons (Fsp3) is 0.100. The standard InChI is InChI=1S/C13H13O3P.C7H8/c1-17(14,15-12-8-4-2-5-9-12)16-13-10-6-3-7-11-13;1-7-5-3-2-4-6-7/h2-11H,1H3;2-6H,1H3. The van der Waals surface area contributed by atoms with Crippen molar-refractivity contribution in [1.82, 2.24) is 0 Å². The van der Waals surface area contributed by atoms with Crippen LogP contribution in [0.25, 0.3) is 0 Å². The van der Waals surface area contributed by atoms with Crippen molar-refractivity contribution >= 4 is 7.60 Å².